The maximum absolute atomic E-state index is 12.9. The molecule has 2 aromatic carbocycles. The van der Waals surface area contributed by atoms with Crippen LogP contribution in [0.15, 0.2) is 54.6 Å². The van der Waals surface area contributed by atoms with Crippen molar-refractivity contribution >= 4 is 11.6 Å². The highest BCUT2D eigenvalue weighted by atomic mass is 16.2. The largest absolute Gasteiger partial charge is 0.320 e. The molecule has 1 fully saturated rings. The zero-order chi connectivity index (χ0) is 19.3. The number of hydrogen-bond acceptors (Lipinski definition) is 4. The van der Waals surface area contributed by atoms with Crippen LogP contribution < -0.4 is 10.6 Å². The summed E-state index contributed by atoms with van der Waals surface area (Å²) in [6.45, 7) is 3.86. The number of piperidine rings is 1. The van der Waals surface area contributed by atoms with E-state index in [0.29, 0.717) is 11.7 Å². The standard InChI is InChI=1S/C22H25N5O/c1-16-21(25-26-27(16)19-11-13-23-14-12-19)22(28)24-20-10-6-5-9-18(20)15-17-7-3-2-4-8-17/h2-10,19,23H,11-15H2,1H3,(H,24,28). The van der Waals surface area contributed by atoms with E-state index in [1.807, 2.05) is 54.1 Å². The number of para-hydroxylation sites is 1. The Morgan fingerprint density at radius 3 is 2.61 bits per heavy atom. The minimum atomic E-state index is -0.210. The number of aromatic nitrogens is 3. The molecular formula is C22H25N5O. The van der Waals surface area contributed by atoms with Crippen molar-refractivity contribution in [3.63, 3.8) is 0 Å². The van der Waals surface area contributed by atoms with Crippen LogP contribution in [0, 0.1) is 6.92 Å². The molecule has 0 bridgehead atoms. The molecule has 0 saturated carbocycles. The van der Waals surface area contributed by atoms with Crippen LogP contribution in [0.2, 0.25) is 0 Å². The Morgan fingerprint density at radius 1 is 1.11 bits per heavy atom. The van der Waals surface area contributed by atoms with Crippen LogP contribution in [0.1, 0.15) is 46.2 Å². The quantitative estimate of drug-likeness (QED) is 0.717. The fraction of sp³-hybridized carbons (Fsp3) is 0.318. The van der Waals surface area contributed by atoms with Crippen molar-refractivity contribution < 1.29 is 4.79 Å². The lowest BCUT2D eigenvalue weighted by Gasteiger charge is -2.23. The first-order valence-electron chi connectivity index (χ1n) is 9.78. The zero-order valence-corrected chi connectivity index (χ0v) is 16.1. The van der Waals surface area contributed by atoms with Crippen LogP contribution in [-0.4, -0.2) is 34.0 Å². The number of carbonyl (C=O) groups excluding carboxylic acids is 1. The Hall–Kier alpha value is -2.99. The maximum Gasteiger partial charge on any atom is 0.278 e. The Morgan fingerprint density at radius 2 is 1.82 bits per heavy atom. The Kier molecular flexibility index (Phi) is 5.48. The van der Waals surface area contributed by atoms with E-state index < -0.39 is 0 Å². The lowest BCUT2D eigenvalue weighted by atomic mass is 10.0. The third-order valence-electron chi connectivity index (χ3n) is 5.30. The third kappa shape index (κ3) is 3.97. The topological polar surface area (TPSA) is 71.8 Å². The number of nitrogens with zero attached hydrogens (tertiary/aromatic N) is 3. The molecule has 1 aliphatic rings. The SMILES string of the molecule is Cc1c(C(=O)Nc2ccccc2Cc2ccccc2)nnn1C1CCNCC1. The molecule has 0 radical (unpaired) electrons. The number of anilines is 1. The van der Waals surface area contributed by atoms with Crippen molar-refractivity contribution in [3.05, 3.63) is 77.1 Å². The van der Waals surface area contributed by atoms with E-state index in [1.165, 1.54) is 5.56 Å². The van der Waals surface area contributed by atoms with Gasteiger partial charge in [-0.25, -0.2) is 4.68 Å². The van der Waals surface area contributed by atoms with Crippen LogP contribution in [0.5, 0.6) is 0 Å². The van der Waals surface area contributed by atoms with Crippen LogP contribution in [0.4, 0.5) is 5.69 Å². The lowest BCUT2D eigenvalue weighted by Crippen LogP contribution is -2.30. The second-order valence-corrected chi connectivity index (χ2v) is 7.22. The van der Waals surface area contributed by atoms with Crippen LogP contribution in [0.25, 0.3) is 0 Å². The van der Waals surface area contributed by atoms with Gasteiger partial charge in [-0.2, -0.15) is 0 Å². The molecule has 0 aliphatic carbocycles. The van der Waals surface area contributed by atoms with E-state index >= 15 is 0 Å². The van der Waals surface area contributed by atoms with Crippen molar-refractivity contribution in [1.29, 1.82) is 0 Å². The van der Waals surface area contributed by atoms with Gasteiger partial charge in [0.05, 0.1) is 11.7 Å². The third-order valence-corrected chi connectivity index (χ3v) is 5.30. The fourth-order valence-electron chi connectivity index (χ4n) is 3.74. The van der Waals surface area contributed by atoms with Gasteiger partial charge in [-0.15, -0.1) is 5.10 Å². The zero-order valence-electron chi connectivity index (χ0n) is 16.1. The molecule has 2 heterocycles. The number of hydrogen-bond donors (Lipinski definition) is 2. The molecule has 0 unspecified atom stereocenters. The predicted octanol–water partition coefficient (Wildman–Crippen LogP) is 3.35. The van der Waals surface area contributed by atoms with Gasteiger partial charge in [0.2, 0.25) is 0 Å². The molecule has 6 nitrogen and oxygen atoms in total. The average Bonchev–Trinajstić information content (AvgIpc) is 3.12. The summed E-state index contributed by atoms with van der Waals surface area (Å²) >= 11 is 0. The molecule has 2 N–H and O–H groups in total. The van der Waals surface area contributed by atoms with Crippen LogP contribution >= 0.6 is 0 Å². The predicted molar refractivity (Wildman–Crippen MR) is 110 cm³/mol. The summed E-state index contributed by atoms with van der Waals surface area (Å²) in [6.07, 6.45) is 2.77. The van der Waals surface area contributed by atoms with Gasteiger partial charge < -0.3 is 10.6 Å². The highest BCUT2D eigenvalue weighted by Crippen LogP contribution is 2.22. The van der Waals surface area contributed by atoms with E-state index in [1.54, 1.807) is 0 Å². The molecule has 28 heavy (non-hydrogen) atoms. The molecule has 1 amide bonds. The fourth-order valence-corrected chi connectivity index (χ4v) is 3.74. The van der Waals surface area contributed by atoms with E-state index in [2.05, 4.69) is 33.1 Å². The summed E-state index contributed by atoms with van der Waals surface area (Å²) in [5.74, 6) is -0.210. The van der Waals surface area contributed by atoms with Gasteiger partial charge in [0, 0.05) is 5.69 Å². The van der Waals surface area contributed by atoms with Gasteiger partial charge in [0.1, 0.15) is 0 Å². The van der Waals surface area contributed by atoms with Gasteiger partial charge in [0.25, 0.3) is 5.91 Å². The molecular weight excluding hydrogens is 350 g/mol. The molecule has 144 valence electrons. The lowest BCUT2D eigenvalue weighted by molar-refractivity contribution is 0.102. The number of carbonyl (C=O) groups is 1. The summed E-state index contributed by atoms with van der Waals surface area (Å²) < 4.78 is 1.91. The average molecular weight is 375 g/mol. The summed E-state index contributed by atoms with van der Waals surface area (Å²) in [5, 5.41) is 14.8. The molecule has 1 saturated heterocycles. The highest BCUT2D eigenvalue weighted by molar-refractivity contribution is 6.03. The van der Waals surface area contributed by atoms with Gasteiger partial charge in [0.15, 0.2) is 5.69 Å². The number of rotatable bonds is 5. The number of benzene rings is 2. The van der Waals surface area contributed by atoms with E-state index in [-0.39, 0.29) is 5.91 Å². The maximum atomic E-state index is 12.9. The smallest absolute Gasteiger partial charge is 0.278 e. The molecule has 1 aliphatic heterocycles. The minimum Gasteiger partial charge on any atom is -0.320 e. The highest BCUT2D eigenvalue weighted by Gasteiger charge is 2.23. The van der Waals surface area contributed by atoms with Gasteiger partial charge in [-0.05, 0) is 56.5 Å². The van der Waals surface area contributed by atoms with Crippen molar-refractivity contribution in [2.24, 2.45) is 0 Å². The van der Waals surface area contributed by atoms with Gasteiger partial charge >= 0.3 is 0 Å². The first-order chi connectivity index (χ1) is 13.7. The second kappa shape index (κ2) is 8.35. The van der Waals surface area contributed by atoms with Crippen molar-refractivity contribution in [1.82, 2.24) is 20.3 Å². The minimum absolute atomic E-state index is 0.210. The Balaban J connectivity index is 1.52. The first-order valence-corrected chi connectivity index (χ1v) is 9.78. The first kappa shape index (κ1) is 18.4. The summed E-state index contributed by atoms with van der Waals surface area (Å²) in [4.78, 5) is 12.9. The molecule has 0 spiro atoms. The Labute approximate surface area is 165 Å². The molecule has 1 aromatic heterocycles. The van der Waals surface area contributed by atoms with E-state index in [0.717, 1.165) is 49.3 Å². The second-order valence-electron chi connectivity index (χ2n) is 7.22. The van der Waals surface area contributed by atoms with Crippen molar-refractivity contribution in [2.45, 2.75) is 32.2 Å². The molecule has 6 heteroatoms. The van der Waals surface area contributed by atoms with Crippen molar-refractivity contribution in [3.8, 4) is 0 Å². The molecule has 4 rings (SSSR count). The number of nitrogens with one attached hydrogen (secondary N) is 2. The Bertz CT molecular complexity index is 945. The monoisotopic (exact) mass is 375 g/mol. The van der Waals surface area contributed by atoms with E-state index in [4.69, 9.17) is 0 Å². The van der Waals surface area contributed by atoms with Crippen molar-refractivity contribution in [2.75, 3.05) is 18.4 Å². The van der Waals surface area contributed by atoms with Gasteiger partial charge in [-0.1, -0.05) is 53.7 Å². The normalized spacial score (nSPS) is 14.8. The van der Waals surface area contributed by atoms with Crippen LogP contribution in [0.3, 0.4) is 0 Å². The summed E-state index contributed by atoms with van der Waals surface area (Å²) in [6, 6.07) is 18.4. The van der Waals surface area contributed by atoms with Gasteiger partial charge in [-0.3, -0.25) is 4.79 Å². The molecule has 0 atom stereocenters. The number of amides is 1. The van der Waals surface area contributed by atoms with E-state index in [9.17, 15) is 4.79 Å². The summed E-state index contributed by atoms with van der Waals surface area (Å²) in [5.41, 5.74) is 4.31. The summed E-state index contributed by atoms with van der Waals surface area (Å²) in [7, 11) is 0. The van der Waals surface area contributed by atoms with Crippen LogP contribution in [-0.2, 0) is 6.42 Å². The molecule has 3 aromatic rings.